The molecule has 0 aromatic carbocycles. The number of ether oxygens (including phenoxy) is 2. The second kappa shape index (κ2) is 9.19. The Bertz CT molecular complexity index is 231. The minimum absolute atomic E-state index is 0.249. The molecular weight excluding hydrogens is 262 g/mol. The summed E-state index contributed by atoms with van der Waals surface area (Å²) in [7, 11) is 0. The zero-order valence-corrected chi connectivity index (χ0v) is 12.5. The van der Waals surface area contributed by atoms with E-state index >= 15 is 0 Å². The number of aliphatic hydroxyl groups excluding tert-OH is 1. The van der Waals surface area contributed by atoms with Gasteiger partial charge in [-0.3, -0.25) is 0 Å². The molecule has 0 saturated carbocycles. The molecule has 2 rings (SSSR count). The van der Waals surface area contributed by atoms with E-state index in [9.17, 15) is 5.11 Å². The van der Waals surface area contributed by atoms with Crippen LogP contribution in [0.5, 0.6) is 0 Å². The SMILES string of the molecule is OC(CNCC1CCCCS1)COCC1CCCO1. The third-order valence-corrected chi connectivity index (χ3v) is 5.06. The number of thioether (sulfide) groups is 1. The summed E-state index contributed by atoms with van der Waals surface area (Å²) in [5.74, 6) is 1.29. The van der Waals surface area contributed by atoms with Gasteiger partial charge < -0.3 is 19.9 Å². The van der Waals surface area contributed by atoms with Crippen LogP contribution in [0.25, 0.3) is 0 Å². The van der Waals surface area contributed by atoms with Crippen LogP contribution in [0, 0.1) is 0 Å². The topological polar surface area (TPSA) is 50.7 Å². The normalized spacial score (nSPS) is 29.5. The average Bonchev–Trinajstić information content (AvgIpc) is 2.93. The predicted molar refractivity (Wildman–Crippen MR) is 78.8 cm³/mol. The van der Waals surface area contributed by atoms with Crippen molar-refractivity contribution in [1.29, 1.82) is 0 Å². The number of nitrogens with one attached hydrogen (secondary N) is 1. The van der Waals surface area contributed by atoms with Crippen LogP contribution in [0.2, 0.25) is 0 Å². The van der Waals surface area contributed by atoms with Crippen LogP contribution in [-0.4, -0.2) is 61.2 Å². The van der Waals surface area contributed by atoms with Gasteiger partial charge in [-0.25, -0.2) is 0 Å². The largest absolute Gasteiger partial charge is 0.389 e. The number of aliphatic hydroxyl groups is 1. The van der Waals surface area contributed by atoms with Crippen molar-refractivity contribution < 1.29 is 14.6 Å². The maximum absolute atomic E-state index is 9.82. The highest BCUT2D eigenvalue weighted by molar-refractivity contribution is 7.99. The quantitative estimate of drug-likeness (QED) is 0.708. The lowest BCUT2D eigenvalue weighted by molar-refractivity contribution is -0.0163. The maximum Gasteiger partial charge on any atom is 0.0897 e. The lowest BCUT2D eigenvalue weighted by atomic mass is 10.2. The van der Waals surface area contributed by atoms with Gasteiger partial charge in [-0.1, -0.05) is 6.42 Å². The van der Waals surface area contributed by atoms with Crippen molar-refractivity contribution in [1.82, 2.24) is 5.32 Å². The van der Waals surface area contributed by atoms with Crippen molar-refractivity contribution in [2.24, 2.45) is 0 Å². The first kappa shape index (κ1) is 15.6. The van der Waals surface area contributed by atoms with E-state index in [4.69, 9.17) is 9.47 Å². The van der Waals surface area contributed by atoms with Crippen LogP contribution >= 0.6 is 11.8 Å². The summed E-state index contributed by atoms with van der Waals surface area (Å²) in [5.41, 5.74) is 0. The summed E-state index contributed by atoms with van der Waals surface area (Å²) in [4.78, 5) is 0. The van der Waals surface area contributed by atoms with E-state index in [1.807, 2.05) is 0 Å². The third kappa shape index (κ3) is 6.45. The molecule has 2 aliphatic rings. The van der Waals surface area contributed by atoms with E-state index in [0.29, 0.717) is 19.8 Å². The van der Waals surface area contributed by atoms with E-state index in [1.165, 1.54) is 25.0 Å². The van der Waals surface area contributed by atoms with Gasteiger partial charge in [-0.2, -0.15) is 11.8 Å². The van der Waals surface area contributed by atoms with Gasteiger partial charge in [0.15, 0.2) is 0 Å². The fraction of sp³-hybridized carbons (Fsp3) is 1.00. The summed E-state index contributed by atoms with van der Waals surface area (Å²) in [6.45, 7) is 3.52. The molecule has 0 aromatic heterocycles. The van der Waals surface area contributed by atoms with Crippen molar-refractivity contribution in [3.8, 4) is 0 Å². The molecule has 19 heavy (non-hydrogen) atoms. The monoisotopic (exact) mass is 289 g/mol. The van der Waals surface area contributed by atoms with Crippen molar-refractivity contribution in [3.63, 3.8) is 0 Å². The molecule has 2 fully saturated rings. The van der Waals surface area contributed by atoms with Gasteiger partial charge in [-0.05, 0) is 31.4 Å². The molecule has 3 atom stereocenters. The van der Waals surface area contributed by atoms with Crippen LogP contribution in [0.4, 0.5) is 0 Å². The van der Waals surface area contributed by atoms with Crippen LogP contribution in [0.3, 0.4) is 0 Å². The molecule has 2 aliphatic heterocycles. The number of hydrogen-bond acceptors (Lipinski definition) is 5. The van der Waals surface area contributed by atoms with Crippen LogP contribution in [-0.2, 0) is 9.47 Å². The molecule has 0 spiro atoms. The summed E-state index contributed by atoms with van der Waals surface area (Å²) in [6, 6.07) is 0. The molecule has 0 aliphatic carbocycles. The molecule has 0 amide bonds. The lowest BCUT2D eigenvalue weighted by Gasteiger charge is -2.22. The standard InChI is InChI=1S/C14H27NO3S/c16-12(10-17-11-13-4-3-6-18-13)8-15-9-14-5-1-2-7-19-14/h12-16H,1-11H2. The summed E-state index contributed by atoms with van der Waals surface area (Å²) in [6.07, 6.45) is 6.09. The summed E-state index contributed by atoms with van der Waals surface area (Å²) < 4.78 is 11.0. The first-order chi connectivity index (χ1) is 9.34. The fourth-order valence-electron chi connectivity index (χ4n) is 2.55. The van der Waals surface area contributed by atoms with Crippen molar-refractivity contribution in [2.45, 2.75) is 49.6 Å². The highest BCUT2D eigenvalue weighted by atomic mass is 32.2. The molecular formula is C14H27NO3S. The number of hydrogen-bond donors (Lipinski definition) is 2. The second-order valence-electron chi connectivity index (χ2n) is 5.47. The van der Waals surface area contributed by atoms with Gasteiger partial charge in [0.1, 0.15) is 0 Å². The first-order valence-electron chi connectivity index (χ1n) is 7.54. The third-order valence-electron chi connectivity index (χ3n) is 3.66. The second-order valence-corrected chi connectivity index (χ2v) is 6.88. The van der Waals surface area contributed by atoms with Gasteiger partial charge in [-0.15, -0.1) is 0 Å². The average molecular weight is 289 g/mol. The molecule has 5 heteroatoms. The van der Waals surface area contributed by atoms with Crippen molar-refractivity contribution in [2.75, 3.05) is 38.7 Å². The minimum atomic E-state index is -0.407. The van der Waals surface area contributed by atoms with Gasteiger partial charge in [0, 0.05) is 24.9 Å². The molecule has 112 valence electrons. The predicted octanol–water partition coefficient (Wildman–Crippen LogP) is 1.42. The van der Waals surface area contributed by atoms with E-state index in [1.54, 1.807) is 0 Å². The zero-order chi connectivity index (χ0) is 13.3. The Morgan fingerprint density at radius 3 is 3.00 bits per heavy atom. The number of rotatable bonds is 8. The Balaban J connectivity index is 1.43. The smallest absolute Gasteiger partial charge is 0.0897 e. The Morgan fingerprint density at radius 1 is 1.32 bits per heavy atom. The zero-order valence-electron chi connectivity index (χ0n) is 11.7. The molecule has 0 aromatic rings. The lowest BCUT2D eigenvalue weighted by Crippen LogP contribution is -2.35. The minimum Gasteiger partial charge on any atom is -0.389 e. The molecule has 2 N–H and O–H groups in total. The van der Waals surface area contributed by atoms with Gasteiger partial charge in [0.05, 0.1) is 25.4 Å². The molecule has 0 radical (unpaired) electrons. The highest BCUT2D eigenvalue weighted by Crippen LogP contribution is 2.24. The fourth-order valence-corrected chi connectivity index (χ4v) is 3.82. The Hall–Kier alpha value is 0.190. The maximum atomic E-state index is 9.82. The van der Waals surface area contributed by atoms with Gasteiger partial charge >= 0.3 is 0 Å². The van der Waals surface area contributed by atoms with Crippen molar-refractivity contribution in [3.05, 3.63) is 0 Å². The van der Waals surface area contributed by atoms with E-state index in [-0.39, 0.29) is 6.10 Å². The first-order valence-corrected chi connectivity index (χ1v) is 8.59. The van der Waals surface area contributed by atoms with Crippen LogP contribution < -0.4 is 5.32 Å². The van der Waals surface area contributed by atoms with Crippen molar-refractivity contribution >= 4 is 11.8 Å². The molecule has 0 bridgehead atoms. The van der Waals surface area contributed by atoms with E-state index in [2.05, 4.69) is 17.1 Å². The van der Waals surface area contributed by atoms with E-state index < -0.39 is 6.10 Å². The van der Waals surface area contributed by atoms with Crippen LogP contribution in [0.1, 0.15) is 32.1 Å². The molecule has 2 heterocycles. The van der Waals surface area contributed by atoms with Crippen LogP contribution in [0.15, 0.2) is 0 Å². The Morgan fingerprint density at radius 2 is 2.26 bits per heavy atom. The molecule has 2 saturated heterocycles. The van der Waals surface area contributed by atoms with Gasteiger partial charge in [0.2, 0.25) is 0 Å². The molecule has 3 unspecified atom stereocenters. The Labute approximate surface area is 120 Å². The van der Waals surface area contributed by atoms with Gasteiger partial charge in [0.25, 0.3) is 0 Å². The summed E-state index contributed by atoms with van der Waals surface area (Å²) in [5, 5.41) is 13.9. The summed E-state index contributed by atoms with van der Waals surface area (Å²) >= 11 is 2.06. The molecule has 4 nitrogen and oxygen atoms in total. The van der Waals surface area contributed by atoms with E-state index in [0.717, 1.165) is 31.2 Å². The highest BCUT2D eigenvalue weighted by Gasteiger charge is 2.17. The Kier molecular flexibility index (Phi) is 7.53.